The molecule has 3 aromatic rings. The molecule has 0 spiro atoms. The van der Waals surface area contributed by atoms with Gasteiger partial charge in [-0.25, -0.2) is 4.98 Å². The van der Waals surface area contributed by atoms with Crippen LogP contribution < -0.4 is 5.32 Å². The molecule has 0 saturated heterocycles. The summed E-state index contributed by atoms with van der Waals surface area (Å²) in [6, 6.07) is 11.4. The molecular weight excluding hydrogens is 252 g/mol. The number of benzene rings is 1. The number of aryl methyl sites for hydroxylation is 1. The Balaban J connectivity index is 1.74. The number of furan rings is 1. The van der Waals surface area contributed by atoms with E-state index in [1.807, 2.05) is 37.3 Å². The molecule has 2 heterocycles. The third-order valence-electron chi connectivity index (χ3n) is 3.09. The van der Waals surface area contributed by atoms with Crippen LogP contribution in [0.4, 0.5) is 5.82 Å². The largest absolute Gasteiger partial charge is 0.464 e. The lowest BCUT2D eigenvalue weighted by molar-refractivity contribution is -0.115. The number of fused-ring (bicyclic) bond motifs is 1. The van der Waals surface area contributed by atoms with Crippen molar-refractivity contribution in [2.75, 3.05) is 5.32 Å². The molecule has 1 N–H and O–H groups in total. The van der Waals surface area contributed by atoms with Crippen LogP contribution in [0.5, 0.6) is 0 Å². The van der Waals surface area contributed by atoms with Crippen molar-refractivity contribution < 1.29 is 9.21 Å². The van der Waals surface area contributed by atoms with E-state index in [9.17, 15) is 4.79 Å². The van der Waals surface area contributed by atoms with Crippen LogP contribution in [-0.2, 0) is 11.2 Å². The number of nitrogens with zero attached hydrogens (tertiary/aromatic N) is 1. The number of amides is 1. The first-order valence-electron chi connectivity index (χ1n) is 6.40. The number of anilines is 1. The zero-order valence-corrected chi connectivity index (χ0v) is 11.1. The molecule has 1 aromatic carbocycles. The molecule has 0 atom stereocenters. The molecule has 3 rings (SSSR count). The number of rotatable bonds is 3. The van der Waals surface area contributed by atoms with Crippen LogP contribution in [-0.4, -0.2) is 10.9 Å². The van der Waals surface area contributed by atoms with Crippen LogP contribution in [0.2, 0.25) is 0 Å². The Labute approximate surface area is 116 Å². The molecule has 0 aliphatic rings. The van der Waals surface area contributed by atoms with Gasteiger partial charge in [0.2, 0.25) is 5.91 Å². The Bertz CT molecular complexity index is 745. The van der Waals surface area contributed by atoms with Crippen LogP contribution in [0.3, 0.4) is 0 Å². The molecular formula is C16H14N2O2. The molecule has 0 fully saturated rings. The average molecular weight is 266 g/mol. The summed E-state index contributed by atoms with van der Waals surface area (Å²) in [4.78, 5) is 16.2. The smallest absolute Gasteiger partial charge is 0.230 e. The molecule has 4 heteroatoms. The van der Waals surface area contributed by atoms with Crippen molar-refractivity contribution >= 4 is 22.7 Å². The lowest BCUT2D eigenvalue weighted by Crippen LogP contribution is -2.15. The molecule has 100 valence electrons. The maximum absolute atomic E-state index is 12.0. The average Bonchev–Trinajstić information content (AvgIpc) is 2.85. The maximum atomic E-state index is 12.0. The van der Waals surface area contributed by atoms with Crippen molar-refractivity contribution in [3.63, 3.8) is 0 Å². The van der Waals surface area contributed by atoms with Crippen molar-refractivity contribution in [3.05, 3.63) is 60.0 Å². The fourth-order valence-electron chi connectivity index (χ4n) is 2.07. The number of aromatic nitrogens is 1. The molecule has 0 unspecified atom stereocenters. The highest BCUT2D eigenvalue weighted by Gasteiger charge is 2.10. The number of pyridine rings is 1. The van der Waals surface area contributed by atoms with Gasteiger partial charge in [-0.2, -0.15) is 0 Å². The molecule has 0 aliphatic heterocycles. The summed E-state index contributed by atoms with van der Waals surface area (Å²) in [5, 5.41) is 3.75. The Morgan fingerprint density at radius 1 is 1.25 bits per heavy atom. The lowest BCUT2D eigenvalue weighted by Gasteiger charge is -2.03. The van der Waals surface area contributed by atoms with Crippen LogP contribution in [0, 0.1) is 6.92 Å². The predicted molar refractivity (Wildman–Crippen MR) is 77.5 cm³/mol. The second-order valence-electron chi connectivity index (χ2n) is 4.70. The van der Waals surface area contributed by atoms with Crippen molar-refractivity contribution in [1.82, 2.24) is 4.98 Å². The molecule has 1 amide bonds. The van der Waals surface area contributed by atoms with E-state index in [2.05, 4.69) is 10.3 Å². The fraction of sp³-hybridized carbons (Fsp3) is 0.125. The van der Waals surface area contributed by atoms with Crippen molar-refractivity contribution in [1.29, 1.82) is 0 Å². The van der Waals surface area contributed by atoms with E-state index < -0.39 is 0 Å². The zero-order chi connectivity index (χ0) is 13.9. The Kier molecular flexibility index (Phi) is 3.21. The third-order valence-corrected chi connectivity index (χ3v) is 3.09. The van der Waals surface area contributed by atoms with Gasteiger partial charge in [-0.1, -0.05) is 24.3 Å². The third kappa shape index (κ3) is 2.54. The molecule has 0 radical (unpaired) electrons. The first-order chi connectivity index (χ1) is 9.72. The van der Waals surface area contributed by atoms with Gasteiger partial charge in [0.1, 0.15) is 11.4 Å². The van der Waals surface area contributed by atoms with Gasteiger partial charge >= 0.3 is 0 Å². The number of hydrogen-bond acceptors (Lipinski definition) is 3. The highest BCUT2D eigenvalue weighted by molar-refractivity contribution is 5.94. The summed E-state index contributed by atoms with van der Waals surface area (Å²) in [6.45, 7) is 1.95. The van der Waals surface area contributed by atoms with Gasteiger partial charge in [-0.3, -0.25) is 4.79 Å². The van der Waals surface area contributed by atoms with E-state index in [-0.39, 0.29) is 12.3 Å². The monoisotopic (exact) mass is 266 g/mol. The molecule has 0 aliphatic carbocycles. The van der Waals surface area contributed by atoms with Gasteiger partial charge in [-0.15, -0.1) is 0 Å². The maximum Gasteiger partial charge on any atom is 0.230 e. The van der Waals surface area contributed by atoms with E-state index in [1.165, 1.54) is 0 Å². The van der Waals surface area contributed by atoms with Gasteiger partial charge in [0.25, 0.3) is 0 Å². The minimum atomic E-state index is -0.104. The minimum Gasteiger partial charge on any atom is -0.464 e. The summed E-state index contributed by atoms with van der Waals surface area (Å²) < 4.78 is 5.42. The lowest BCUT2D eigenvalue weighted by atomic mass is 10.1. The van der Waals surface area contributed by atoms with Crippen molar-refractivity contribution in [2.45, 2.75) is 13.3 Å². The Hall–Kier alpha value is -2.62. The molecule has 2 aromatic heterocycles. The van der Waals surface area contributed by atoms with E-state index in [4.69, 9.17) is 4.42 Å². The summed E-state index contributed by atoms with van der Waals surface area (Å²) >= 11 is 0. The van der Waals surface area contributed by atoms with Crippen molar-refractivity contribution in [3.8, 4) is 0 Å². The van der Waals surface area contributed by atoms with Gasteiger partial charge < -0.3 is 9.73 Å². The second kappa shape index (κ2) is 5.17. The standard InChI is InChI=1S/C16H14N2O2/c1-11-6-7-15(17-9-11)18-16(19)8-12-10-20-14-5-3-2-4-13(12)14/h2-7,9-10H,8H2,1H3,(H,17,18,19). The molecule has 0 saturated carbocycles. The van der Waals surface area contributed by atoms with Crippen LogP contribution in [0.25, 0.3) is 11.0 Å². The normalized spacial score (nSPS) is 10.7. The number of para-hydroxylation sites is 1. The Morgan fingerprint density at radius 2 is 2.10 bits per heavy atom. The SMILES string of the molecule is Cc1ccc(NC(=O)Cc2coc3ccccc23)nc1. The van der Waals surface area contributed by atoms with Crippen LogP contribution in [0.1, 0.15) is 11.1 Å². The summed E-state index contributed by atoms with van der Waals surface area (Å²) in [5.74, 6) is 0.460. The fourth-order valence-corrected chi connectivity index (χ4v) is 2.07. The quantitative estimate of drug-likeness (QED) is 0.791. The predicted octanol–water partition coefficient (Wildman–Crippen LogP) is 3.32. The van der Waals surface area contributed by atoms with Gasteiger partial charge in [-0.05, 0) is 24.6 Å². The first kappa shape index (κ1) is 12.4. The second-order valence-corrected chi connectivity index (χ2v) is 4.70. The summed E-state index contributed by atoms with van der Waals surface area (Å²) in [7, 11) is 0. The van der Waals surface area contributed by atoms with E-state index in [1.54, 1.807) is 18.5 Å². The zero-order valence-electron chi connectivity index (χ0n) is 11.1. The van der Waals surface area contributed by atoms with E-state index >= 15 is 0 Å². The van der Waals surface area contributed by atoms with Gasteiger partial charge in [0, 0.05) is 17.1 Å². The van der Waals surface area contributed by atoms with Crippen LogP contribution >= 0.6 is 0 Å². The van der Waals surface area contributed by atoms with E-state index in [0.29, 0.717) is 5.82 Å². The first-order valence-corrected chi connectivity index (χ1v) is 6.40. The van der Waals surface area contributed by atoms with Crippen molar-refractivity contribution in [2.24, 2.45) is 0 Å². The van der Waals surface area contributed by atoms with E-state index in [0.717, 1.165) is 22.1 Å². The topological polar surface area (TPSA) is 55.1 Å². The van der Waals surface area contributed by atoms with Gasteiger partial charge in [0.15, 0.2) is 0 Å². The Morgan fingerprint density at radius 3 is 2.90 bits per heavy atom. The van der Waals surface area contributed by atoms with Crippen LogP contribution in [0.15, 0.2) is 53.3 Å². The number of nitrogens with one attached hydrogen (secondary N) is 1. The number of carbonyl (C=O) groups excluding carboxylic acids is 1. The summed E-state index contributed by atoms with van der Waals surface area (Å²) in [5.41, 5.74) is 2.73. The highest BCUT2D eigenvalue weighted by Crippen LogP contribution is 2.21. The number of hydrogen-bond donors (Lipinski definition) is 1. The minimum absolute atomic E-state index is 0.104. The van der Waals surface area contributed by atoms with Gasteiger partial charge in [0.05, 0.1) is 12.7 Å². The molecule has 20 heavy (non-hydrogen) atoms. The molecule has 0 bridgehead atoms. The number of carbonyl (C=O) groups is 1. The summed E-state index contributed by atoms with van der Waals surface area (Å²) in [6.07, 6.45) is 3.63. The highest BCUT2D eigenvalue weighted by atomic mass is 16.3. The molecule has 4 nitrogen and oxygen atoms in total.